The summed E-state index contributed by atoms with van der Waals surface area (Å²) < 4.78 is 12.3. The van der Waals surface area contributed by atoms with E-state index in [4.69, 9.17) is 15.0 Å². The molecule has 104 valence electrons. The van der Waals surface area contributed by atoms with Gasteiger partial charge in [-0.05, 0) is 46.2 Å². The van der Waals surface area contributed by atoms with Crippen molar-refractivity contribution in [3.8, 4) is 0 Å². The highest BCUT2D eigenvalue weighted by molar-refractivity contribution is 6.47. The lowest BCUT2D eigenvalue weighted by Gasteiger charge is -2.32. The minimum Gasteiger partial charge on any atom is -0.403 e. The Morgan fingerprint density at radius 1 is 1.05 bits per heavy atom. The molecule has 0 unspecified atom stereocenters. The predicted molar refractivity (Wildman–Crippen MR) is 78.9 cm³/mol. The molecule has 0 radical (unpaired) electrons. The number of rotatable bonds is 4. The summed E-state index contributed by atoms with van der Waals surface area (Å²) >= 11 is 0. The smallest absolute Gasteiger partial charge is 0.403 e. The first-order valence-corrected chi connectivity index (χ1v) is 6.98. The average molecular weight is 261 g/mol. The van der Waals surface area contributed by atoms with Crippen molar-refractivity contribution in [2.24, 2.45) is 5.73 Å². The highest BCUT2D eigenvalue weighted by atomic mass is 16.7. The fraction of sp³-hybridized carbons (Fsp3) is 0.600. The highest BCUT2D eigenvalue weighted by Gasteiger charge is 2.53. The van der Waals surface area contributed by atoms with Gasteiger partial charge in [-0.15, -0.1) is 0 Å². The fourth-order valence-corrected chi connectivity index (χ4v) is 2.39. The third-order valence-electron chi connectivity index (χ3n) is 4.31. The molecule has 1 heterocycles. The van der Waals surface area contributed by atoms with Crippen LogP contribution in [0.15, 0.2) is 30.3 Å². The average Bonchev–Trinajstić information content (AvgIpc) is 2.56. The molecular formula is C15H24BNO2. The number of nitrogens with two attached hydrogens (primary N) is 1. The molecule has 1 atom stereocenters. The van der Waals surface area contributed by atoms with Gasteiger partial charge in [0.25, 0.3) is 0 Å². The molecule has 19 heavy (non-hydrogen) atoms. The number of benzene rings is 1. The van der Waals surface area contributed by atoms with Gasteiger partial charge in [-0.3, -0.25) is 0 Å². The van der Waals surface area contributed by atoms with Crippen molar-refractivity contribution in [2.75, 3.05) is 6.54 Å². The van der Waals surface area contributed by atoms with Gasteiger partial charge < -0.3 is 15.0 Å². The summed E-state index contributed by atoms with van der Waals surface area (Å²) in [5, 5.41) is 0. The Bertz CT molecular complexity index is 403. The molecule has 2 rings (SSSR count). The molecular weight excluding hydrogens is 237 g/mol. The summed E-state index contributed by atoms with van der Waals surface area (Å²) in [6.07, 6.45) is 0.862. The van der Waals surface area contributed by atoms with Crippen molar-refractivity contribution in [3.63, 3.8) is 0 Å². The maximum atomic E-state index is 6.16. The summed E-state index contributed by atoms with van der Waals surface area (Å²) in [6.45, 7) is 8.95. The van der Waals surface area contributed by atoms with Crippen LogP contribution in [0.25, 0.3) is 0 Å². The maximum absolute atomic E-state index is 6.16. The van der Waals surface area contributed by atoms with E-state index in [1.165, 1.54) is 5.56 Å². The summed E-state index contributed by atoms with van der Waals surface area (Å²) in [6, 6.07) is 10.3. The van der Waals surface area contributed by atoms with E-state index in [9.17, 15) is 0 Å². The van der Waals surface area contributed by atoms with Gasteiger partial charge in [0.1, 0.15) is 0 Å². The van der Waals surface area contributed by atoms with Gasteiger partial charge in [-0.1, -0.05) is 30.3 Å². The summed E-state index contributed by atoms with van der Waals surface area (Å²) in [5.74, 6) is 0.187. The molecule has 1 saturated heterocycles. The van der Waals surface area contributed by atoms with Gasteiger partial charge in [0.15, 0.2) is 0 Å². The van der Waals surface area contributed by atoms with E-state index >= 15 is 0 Å². The molecule has 1 fully saturated rings. The second kappa shape index (κ2) is 5.27. The Hall–Kier alpha value is -0.835. The summed E-state index contributed by atoms with van der Waals surface area (Å²) in [5.41, 5.74) is 6.40. The minimum absolute atomic E-state index is 0.187. The molecule has 4 heteroatoms. The predicted octanol–water partition coefficient (Wildman–Crippen LogP) is 2.75. The molecule has 0 aromatic heterocycles. The van der Waals surface area contributed by atoms with Crippen LogP contribution in [0.5, 0.6) is 0 Å². The van der Waals surface area contributed by atoms with Crippen LogP contribution >= 0.6 is 0 Å². The van der Waals surface area contributed by atoms with E-state index in [-0.39, 0.29) is 24.1 Å². The van der Waals surface area contributed by atoms with Crippen molar-refractivity contribution in [1.82, 2.24) is 0 Å². The Labute approximate surface area is 116 Å². The van der Waals surface area contributed by atoms with E-state index in [0.29, 0.717) is 6.54 Å². The number of hydrogen-bond acceptors (Lipinski definition) is 3. The van der Waals surface area contributed by atoms with E-state index < -0.39 is 0 Å². The zero-order valence-corrected chi connectivity index (χ0v) is 12.3. The lowest BCUT2D eigenvalue weighted by molar-refractivity contribution is 0.00578. The van der Waals surface area contributed by atoms with Crippen LogP contribution in [0.2, 0.25) is 0 Å². The zero-order valence-electron chi connectivity index (χ0n) is 12.3. The van der Waals surface area contributed by atoms with Crippen molar-refractivity contribution in [3.05, 3.63) is 35.9 Å². The van der Waals surface area contributed by atoms with E-state index in [1.807, 2.05) is 18.2 Å². The Morgan fingerprint density at radius 3 is 2.05 bits per heavy atom. The molecule has 3 nitrogen and oxygen atoms in total. The van der Waals surface area contributed by atoms with Crippen LogP contribution in [-0.4, -0.2) is 24.9 Å². The zero-order chi connectivity index (χ0) is 14.1. The molecule has 0 spiro atoms. The molecule has 2 N–H and O–H groups in total. The lowest BCUT2D eigenvalue weighted by atomic mass is 9.66. The first-order chi connectivity index (χ1) is 8.87. The molecule has 0 saturated carbocycles. The molecule has 0 amide bonds. The van der Waals surface area contributed by atoms with Gasteiger partial charge >= 0.3 is 7.12 Å². The van der Waals surface area contributed by atoms with Crippen LogP contribution in [0.1, 0.15) is 45.5 Å². The van der Waals surface area contributed by atoms with E-state index in [1.54, 1.807) is 0 Å². The van der Waals surface area contributed by atoms with Crippen LogP contribution < -0.4 is 5.73 Å². The monoisotopic (exact) mass is 261 g/mol. The van der Waals surface area contributed by atoms with E-state index in [2.05, 4.69) is 39.8 Å². The Balaban J connectivity index is 2.23. The third-order valence-corrected chi connectivity index (χ3v) is 4.31. The maximum Gasteiger partial charge on any atom is 0.465 e. The SMILES string of the molecule is CC1(C)OB([C@@H](CCN)c2ccccc2)OC1(C)C. The summed E-state index contributed by atoms with van der Waals surface area (Å²) in [4.78, 5) is 0. The summed E-state index contributed by atoms with van der Waals surface area (Å²) in [7, 11) is -0.226. The molecule has 0 aliphatic carbocycles. The molecule has 1 aromatic rings. The van der Waals surface area contributed by atoms with Gasteiger partial charge in [0, 0.05) is 5.82 Å². The second-order valence-electron chi connectivity index (χ2n) is 6.22. The van der Waals surface area contributed by atoms with Crippen LogP contribution in [0.4, 0.5) is 0 Å². The van der Waals surface area contributed by atoms with Crippen molar-refractivity contribution >= 4 is 7.12 Å². The first-order valence-electron chi connectivity index (χ1n) is 6.98. The Kier molecular flexibility index (Phi) is 4.04. The third kappa shape index (κ3) is 2.86. The number of hydrogen-bond donors (Lipinski definition) is 1. The van der Waals surface area contributed by atoms with Gasteiger partial charge in [0.2, 0.25) is 0 Å². The van der Waals surface area contributed by atoms with Crippen LogP contribution in [0.3, 0.4) is 0 Å². The molecule has 1 aliphatic heterocycles. The van der Waals surface area contributed by atoms with Crippen LogP contribution in [-0.2, 0) is 9.31 Å². The molecule has 0 bridgehead atoms. The fourth-order valence-electron chi connectivity index (χ4n) is 2.39. The molecule has 1 aliphatic rings. The topological polar surface area (TPSA) is 44.5 Å². The second-order valence-corrected chi connectivity index (χ2v) is 6.22. The van der Waals surface area contributed by atoms with Crippen LogP contribution in [0, 0.1) is 0 Å². The van der Waals surface area contributed by atoms with Gasteiger partial charge in [-0.2, -0.15) is 0 Å². The minimum atomic E-state index is -0.292. The van der Waals surface area contributed by atoms with E-state index in [0.717, 1.165) is 6.42 Å². The molecule has 1 aromatic carbocycles. The highest BCUT2D eigenvalue weighted by Crippen LogP contribution is 2.41. The van der Waals surface area contributed by atoms with Crippen molar-refractivity contribution in [1.29, 1.82) is 0 Å². The Morgan fingerprint density at radius 2 is 1.58 bits per heavy atom. The normalized spacial score (nSPS) is 22.5. The lowest BCUT2D eigenvalue weighted by Crippen LogP contribution is -2.41. The van der Waals surface area contributed by atoms with Gasteiger partial charge in [-0.25, -0.2) is 0 Å². The van der Waals surface area contributed by atoms with Gasteiger partial charge in [0.05, 0.1) is 11.2 Å². The quantitative estimate of drug-likeness (QED) is 0.847. The first kappa shape index (κ1) is 14.6. The van der Waals surface area contributed by atoms with Crippen molar-refractivity contribution < 1.29 is 9.31 Å². The van der Waals surface area contributed by atoms with Crippen molar-refractivity contribution in [2.45, 2.75) is 51.1 Å². The largest absolute Gasteiger partial charge is 0.465 e. The standard InChI is InChI=1S/C15H24BNO2/c1-14(2)15(3,4)19-16(18-14)13(10-11-17)12-8-6-5-7-9-12/h5-9,13H,10-11,17H2,1-4H3/t13-/m0/s1.